The zero-order chi connectivity index (χ0) is 16.4. The minimum atomic E-state index is -0.624. The topological polar surface area (TPSA) is 108 Å². The number of ether oxygens (including phenoxy) is 1. The molecule has 0 aliphatic rings. The summed E-state index contributed by atoms with van der Waals surface area (Å²) in [5, 5.41) is 13.5. The van der Waals surface area contributed by atoms with E-state index in [0.717, 1.165) is 6.42 Å². The van der Waals surface area contributed by atoms with Gasteiger partial charge < -0.3 is 15.4 Å². The zero-order valence-electron chi connectivity index (χ0n) is 12.2. The summed E-state index contributed by atoms with van der Waals surface area (Å²) in [6, 6.07) is 7.70. The number of nitriles is 1. The van der Waals surface area contributed by atoms with Crippen molar-refractivity contribution >= 4 is 23.5 Å². The van der Waals surface area contributed by atoms with Gasteiger partial charge in [-0.1, -0.05) is 6.92 Å². The normalized spacial score (nSPS) is 9.45. The summed E-state index contributed by atoms with van der Waals surface area (Å²) in [5.41, 5.74) is 0.735. The predicted molar refractivity (Wildman–Crippen MR) is 78.9 cm³/mol. The van der Waals surface area contributed by atoms with Gasteiger partial charge in [0.2, 0.25) is 5.91 Å². The van der Waals surface area contributed by atoms with E-state index >= 15 is 0 Å². The van der Waals surface area contributed by atoms with Gasteiger partial charge in [-0.3, -0.25) is 9.59 Å². The maximum atomic E-state index is 11.7. The van der Waals surface area contributed by atoms with E-state index in [1.54, 1.807) is 6.07 Å². The molecule has 116 valence electrons. The molecule has 0 aromatic heterocycles. The minimum absolute atomic E-state index is 0.239. The van der Waals surface area contributed by atoms with E-state index < -0.39 is 11.9 Å². The van der Waals surface area contributed by atoms with Gasteiger partial charge in [-0.25, -0.2) is 4.79 Å². The van der Waals surface area contributed by atoms with Crippen molar-refractivity contribution in [2.45, 2.75) is 19.8 Å². The fourth-order valence-electron chi connectivity index (χ4n) is 1.50. The molecule has 2 N–H and O–H groups in total. The van der Waals surface area contributed by atoms with Gasteiger partial charge in [0.15, 0.2) is 6.61 Å². The third-order valence-corrected chi connectivity index (χ3v) is 2.55. The number of amides is 2. The lowest BCUT2D eigenvalue weighted by Gasteiger charge is -2.07. The van der Waals surface area contributed by atoms with E-state index in [0.29, 0.717) is 12.2 Å². The van der Waals surface area contributed by atoms with Crippen LogP contribution in [0.25, 0.3) is 0 Å². The summed E-state index contributed by atoms with van der Waals surface area (Å²) in [5.74, 6) is -1.40. The van der Waals surface area contributed by atoms with Crippen molar-refractivity contribution in [1.82, 2.24) is 5.32 Å². The van der Waals surface area contributed by atoms with Crippen molar-refractivity contribution in [1.29, 1.82) is 5.26 Å². The highest BCUT2D eigenvalue weighted by atomic mass is 16.5. The van der Waals surface area contributed by atoms with Crippen molar-refractivity contribution < 1.29 is 19.1 Å². The van der Waals surface area contributed by atoms with Crippen molar-refractivity contribution in [3.63, 3.8) is 0 Å². The van der Waals surface area contributed by atoms with Gasteiger partial charge in [0, 0.05) is 12.2 Å². The molecule has 22 heavy (non-hydrogen) atoms. The van der Waals surface area contributed by atoms with E-state index in [4.69, 9.17) is 10.00 Å². The van der Waals surface area contributed by atoms with Crippen LogP contribution >= 0.6 is 0 Å². The Morgan fingerprint density at radius 3 is 2.45 bits per heavy atom. The first-order chi connectivity index (χ1) is 10.6. The van der Waals surface area contributed by atoms with Crippen LogP contribution in [0.5, 0.6) is 0 Å². The smallest absolute Gasteiger partial charge is 0.338 e. The van der Waals surface area contributed by atoms with Crippen LogP contribution in [0.15, 0.2) is 24.3 Å². The maximum absolute atomic E-state index is 11.7. The average Bonchev–Trinajstić information content (AvgIpc) is 2.51. The van der Waals surface area contributed by atoms with Crippen LogP contribution in [0, 0.1) is 11.3 Å². The number of benzene rings is 1. The molecule has 1 aromatic rings. The van der Waals surface area contributed by atoms with E-state index in [-0.39, 0.29) is 24.5 Å². The van der Waals surface area contributed by atoms with E-state index in [1.807, 2.05) is 6.92 Å². The molecule has 0 atom stereocenters. The summed E-state index contributed by atoms with van der Waals surface area (Å²) >= 11 is 0. The quantitative estimate of drug-likeness (QED) is 0.736. The molecule has 0 bridgehead atoms. The van der Waals surface area contributed by atoms with E-state index in [2.05, 4.69) is 10.6 Å². The van der Waals surface area contributed by atoms with Gasteiger partial charge in [-0.05, 0) is 30.7 Å². The molecular weight excluding hydrogens is 286 g/mol. The molecule has 0 aliphatic heterocycles. The van der Waals surface area contributed by atoms with Crippen molar-refractivity contribution in [2.75, 3.05) is 18.5 Å². The lowest BCUT2D eigenvalue weighted by Crippen LogP contribution is -2.29. The average molecular weight is 303 g/mol. The van der Waals surface area contributed by atoms with Gasteiger partial charge in [0.05, 0.1) is 11.6 Å². The molecule has 2 amide bonds. The lowest BCUT2D eigenvalue weighted by atomic mass is 10.2. The number of nitrogens with zero attached hydrogens (tertiary/aromatic N) is 1. The molecule has 1 aromatic carbocycles. The van der Waals surface area contributed by atoms with Gasteiger partial charge in [-0.15, -0.1) is 0 Å². The van der Waals surface area contributed by atoms with Gasteiger partial charge >= 0.3 is 5.97 Å². The van der Waals surface area contributed by atoms with Crippen molar-refractivity contribution in [3.8, 4) is 6.07 Å². The molecule has 0 saturated heterocycles. The van der Waals surface area contributed by atoms with Gasteiger partial charge in [0.1, 0.15) is 6.42 Å². The first kappa shape index (κ1) is 17.2. The molecule has 0 fully saturated rings. The third kappa shape index (κ3) is 6.05. The van der Waals surface area contributed by atoms with Crippen LogP contribution < -0.4 is 10.6 Å². The number of hydrogen-bond donors (Lipinski definition) is 2. The molecule has 0 spiro atoms. The number of carbonyl (C=O) groups is 3. The Hall–Kier alpha value is -2.88. The van der Waals surface area contributed by atoms with Gasteiger partial charge in [0.25, 0.3) is 5.91 Å². The summed E-state index contributed by atoms with van der Waals surface area (Å²) in [4.78, 5) is 34.3. The molecule has 0 unspecified atom stereocenters. The largest absolute Gasteiger partial charge is 0.452 e. The molecule has 7 heteroatoms. The lowest BCUT2D eigenvalue weighted by molar-refractivity contribution is -0.124. The minimum Gasteiger partial charge on any atom is -0.452 e. The fraction of sp³-hybridized carbons (Fsp3) is 0.333. The Balaban J connectivity index is 2.48. The molecule has 1 rings (SSSR count). The van der Waals surface area contributed by atoms with Crippen LogP contribution in [0.1, 0.15) is 30.1 Å². The first-order valence-corrected chi connectivity index (χ1v) is 6.77. The second kappa shape index (κ2) is 9.13. The van der Waals surface area contributed by atoms with Crippen LogP contribution in [0.2, 0.25) is 0 Å². The molecule has 0 heterocycles. The van der Waals surface area contributed by atoms with Crippen molar-refractivity contribution in [2.24, 2.45) is 0 Å². The SMILES string of the molecule is CCCNC(=O)COC(=O)c1ccc(NC(=O)CC#N)cc1. The summed E-state index contributed by atoms with van der Waals surface area (Å²) in [7, 11) is 0. The Bertz CT molecular complexity index is 575. The molecule has 0 aliphatic carbocycles. The number of rotatable bonds is 7. The zero-order valence-corrected chi connectivity index (χ0v) is 12.2. The van der Waals surface area contributed by atoms with Crippen LogP contribution in [0.4, 0.5) is 5.69 Å². The molecule has 0 saturated carbocycles. The fourth-order valence-corrected chi connectivity index (χ4v) is 1.50. The summed E-state index contributed by atoms with van der Waals surface area (Å²) in [6.07, 6.45) is 0.565. The summed E-state index contributed by atoms with van der Waals surface area (Å²) in [6.45, 7) is 2.12. The highest BCUT2D eigenvalue weighted by molar-refractivity contribution is 5.94. The molecule has 0 radical (unpaired) electrons. The Morgan fingerprint density at radius 1 is 1.18 bits per heavy atom. The van der Waals surface area contributed by atoms with E-state index in [9.17, 15) is 14.4 Å². The number of esters is 1. The second-order valence-corrected chi connectivity index (χ2v) is 4.39. The van der Waals surface area contributed by atoms with Crippen LogP contribution in [-0.4, -0.2) is 30.9 Å². The number of anilines is 1. The highest BCUT2D eigenvalue weighted by Gasteiger charge is 2.10. The number of hydrogen-bond acceptors (Lipinski definition) is 5. The maximum Gasteiger partial charge on any atom is 0.338 e. The Labute approximate surface area is 128 Å². The molecular formula is C15H17N3O4. The monoisotopic (exact) mass is 303 g/mol. The van der Waals surface area contributed by atoms with E-state index in [1.165, 1.54) is 24.3 Å². The number of nitrogens with one attached hydrogen (secondary N) is 2. The summed E-state index contributed by atoms with van der Waals surface area (Å²) < 4.78 is 4.87. The van der Waals surface area contributed by atoms with Crippen molar-refractivity contribution in [3.05, 3.63) is 29.8 Å². The van der Waals surface area contributed by atoms with Crippen LogP contribution in [-0.2, 0) is 14.3 Å². The third-order valence-electron chi connectivity index (χ3n) is 2.55. The second-order valence-electron chi connectivity index (χ2n) is 4.39. The van der Waals surface area contributed by atoms with Crippen LogP contribution in [0.3, 0.4) is 0 Å². The number of carbonyl (C=O) groups excluding carboxylic acids is 3. The first-order valence-electron chi connectivity index (χ1n) is 6.77. The van der Waals surface area contributed by atoms with Gasteiger partial charge in [-0.2, -0.15) is 5.26 Å². The predicted octanol–water partition coefficient (Wildman–Crippen LogP) is 1.22. The Kier molecular flexibility index (Phi) is 7.13. The highest BCUT2D eigenvalue weighted by Crippen LogP contribution is 2.10. The molecule has 7 nitrogen and oxygen atoms in total. The Morgan fingerprint density at radius 2 is 1.86 bits per heavy atom. The standard InChI is InChI=1S/C15H17N3O4/c1-2-9-17-14(20)10-22-15(21)11-3-5-12(6-4-11)18-13(19)7-8-16/h3-6H,2,7,9-10H2,1H3,(H,17,20)(H,18,19).